The minimum Gasteiger partial charge on any atom is -0.444 e. The third-order valence-electron chi connectivity index (χ3n) is 3.75. The highest BCUT2D eigenvalue weighted by atomic mass is 79.9. The highest BCUT2D eigenvalue weighted by Crippen LogP contribution is 2.26. The molecule has 1 amide bonds. The van der Waals surface area contributed by atoms with Crippen molar-refractivity contribution in [1.82, 2.24) is 9.88 Å². The van der Waals surface area contributed by atoms with Crippen molar-refractivity contribution in [3.05, 3.63) is 27.1 Å². The molecule has 0 bridgehead atoms. The fourth-order valence-corrected chi connectivity index (χ4v) is 3.22. The second-order valence-electron chi connectivity index (χ2n) is 7.32. The van der Waals surface area contributed by atoms with E-state index in [0.717, 1.165) is 10.9 Å². The molecule has 0 radical (unpaired) electrons. The first-order valence-corrected chi connectivity index (χ1v) is 8.41. The molecule has 1 atom stereocenters. The van der Waals surface area contributed by atoms with Crippen LogP contribution in [-0.4, -0.2) is 34.9 Å². The quantitative estimate of drug-likeness (QED) is 0.849. The van der Waals surface area contributed by atoms with Crippen LogP contribution in [0.2, 0.25) is 0 Å². The summed E-state index contributed by atoms with van der Waals surface area (Å²) in [7, 11) is 1.73. The zero-order valence-corrected chi connectivity index (χ0v) is 15.9. The largest absolute Gasteiger partial charge is 0.444 e. The number of hydrogen-bond acceptors (Lipinski definition) is 4. The van der Waals surface area contributed by atoms with Gasteiger partial charge in [0.15, 0.2) is 0 Å². The third kappa shape index (κ3) is 4.50. The van der Waals surface area contributed by atoms with E-state index in [-0.39, 0.29) is 5.56 Å². The van der Waals surface area contributed by atoms with Gasteiger partial charge in [-0.15, -0.1) is 0 Å². The number of pyridine rings is 1. The van der Waals surface area contributed by atoms with Crippen molar-refractivity contribution in [2.24, 2.45) is 7.05 Å². The van der Waals surface area contributed by atoms with E-state index in [9.17, 15) is 9.59 Å². The summed E-state index contributed by atoms with van der Waals surface area (Å²) in [6, 6.07) is 1.82. The lowest BCUT2D eigenvalue weighted by atomic mass is 10.0. The second kappa shape index (κ2) is 6.19. The Morgan fingerprint density at radius 1 is 1.43 bits per heavy atom. The summed E-state index contributed by atoms with van der Waals surface area (Å²) in [4.78, 5) is 26.3. The van der Waals surface area contributed by atoms with Crippen LogP contribution in [0.3, 0.4) is 0 Å². The maximum atomic E-state index is 12.3. The number of aromatic nitrogens is 1. The number of anilines is 1. The monoisotopic (exact) mass is 385 g/mol. The molecule has 0 spiro atoms. The minimum absolute atomic E-state index is 0.0466. The molecule has 1 fully saturated rings. The van der Waals surface area contributed by atoms with E-state index < -0.39 is 17.2 Å². The van der Waals surface area contributed by atoms with Crippen LogP contribution in [0, 0.1) is 0 Å². The molecule has 6 nitrogen and oxygen atoms in total. The number of aryl methyl sites for hydroxylation is 1. The van der Waals surface area contributed by atoms with Gasteiger partial charge in [0, 0.05) is 30.8 Å². The second-order valence-corrected chi connectivity index (χ2v) is 8.23. The number of carbonyl (C=O) groups is 1. The zero-order chi connectivity index (χ0) is 17.4. The Kier molecular flexibility index (Phi) is 4.80. The molecule has 2 rings (SSSR count). The molecule has 2 heterocycles. The number of carbonyl (C=O) groups excluding carboxylic acids is 1. The van der Waals surface area contributed by atoms with Gasteiger partial charge in [0.25, 0.3) is 5.56 Å². The van der Waals surface area contributed by atoms with Gasteiger partial charge in [-0.3, -0.25) is 4.79 Å². The Labute approximate surface area is 144 Å². The first-order chi connectivity index (χ1) is 10.5. The van der Waals surface area contributed by atoms with Crippen molar-refractivity contribution in [2.75, 3.05) is 18.0 Å². The lowest BCUT2D eigenvalue weighted by Crippen LogP contribution is -2.50. The highest BCUT2D eigenvalue weighted by molar-refractivity contribution is 9.10. The molecule has 128 valence electrons. The normalized spacial score (nSPS) is 21.4. The van der Waals surface area contributed by atoms with Crippen LogP contribution < -0.4 is 15.8 Å². The minimum atomic E-state index is -0.529. The van der Waals surface area contributed by atoms with E-state index >= 15 is 0 Å². The van der Waals surface area contributed by atoms with Crippen molar-refractivity contribution in [1.29, 1.82) is 0 Å². The first-order valence-electron chi connectivity index (χ1n) is 7.61. The molecule has 1 aromatic rings. The summed E-state index contributed by atoms with van der Waals surface area (Å²) in [5.41, 5.74) is -0.361. The van der Waals surface area contributed by atoms with Gasteiger partial charge in [0.05, 0.1) is 5.54 Å². The molecule has 0 saturated carbocycles. The van der Waals surface area contributed by atoms with E-state index in [1.165, 1.54) is 0 Å². The van der Waals surface area contributed by atoms with Crippen molar-refractivity contribution < 1.29 is 9.53 Å². The van der Waals surface area contributed by atoms with Gasteiger partial charge in [-0.05, 0) is 56.1 Å². The van der Waals surface area contributed by atoms with Crippen LogP contribution in [0.4, 0.5) is 10.5 Å². The highest BCUT2D eigenvalue weighted by Gasteiger charge is 2.37. The summed E-state index contributed by atoms with van der Waals surface area (Å²) in [6.07, 6.45) is 2.06. The first kappa shape index (κ1) is 17.8. The molecular formula is C16H24BrN3O3. The Morgan fingerprint density at radius 2 is 2.09 bits per heavy atom. The predicted molar refractivity (Wildman–Crippen MR) is 94.0 cm³/mol. The number of ether oxygens (including phenoxy) is 1. The molecule has 1 aliphatic rings. The van der Waals surface area contributed by atoms with Gasteiger partial charge in [-0.25, -0.2) is 4.79 Å². The van der Waals surface area contributed by atoms with Crippen LogP contribution in [-0.2, 0) is 11.8 Å². The number of alkyl carbamates (subject to hydrolysis) is 1. The fraction of sp³-hybridized carbons (Fsp3) is 0.625. The molecule has 1 aromatic heterocycles. The van der Waals surface area contributed by atoms with E-state index in [1.807, 2.05) is 38.7 Å². The smallest absolute Gasteiger partial charge is 0.408 e. The molecule has 0 aromatic carbocycles. The van der Waals surface area contributed by atoms with Crippen molar-refractivity contribution >= 4 is 27.7 Å². The van der Waals surface area contributed by atoms with Gasteiger partial charge >= 0.3 is 6.09 Å². The molecule has 1 N–H and O–H groups in total. The van der Waals surface area contributed by atoms with E-state index in [0.29, 0.717) is 18.8 Å². The number of nitrogens with zero attached hydrogens (tertiary/aromatic N) is 2. The topological polar surface area (TPSA) is 63.6 Å². The van der Waals surface area contributed by atoms with Crippen LogP contribution in [0.5, 0.6) is 0 Å². The van der Waals surface area contributed by atoms with Crippen LogP contribution in [0.15, 0.2) is 21.5 Å². The Balaban J connectivity index is 2.11. The fourth-order valence-electron chi connectivity index (χ4n) is 2.70. The summed E-state index contributed by atoms with van der Waals surface area (Å²) in [5.74, 6) is 0. The van der Waals surface area contributed by atoms with Crippen molar-refractivity contribution in [3.63, 3.8) is 0 Å². The third-order valence-corrected chi connectivity index (χ3v) is 4.18. The van der Waals surface area contributed by atoms with Crippen molar-refractivity contribution in [3.8, 4) is 0 Å². The molecule has 0 aliphatic carbocycles. The SMILES string of the molecule is Cn1cc(Br)cc(N2CC[C@@](C)(NC(=O)OC(C)(C)C)C2)c1=O. The maximum Gasteiger partial charge on any atom is 0.408 e. The van der Waals surface area contributed by atoms with Crippen LogP contribution in [0.1, 0.15) is 34.1 Å². The molecule has 7 heteroatoms. The van der Waals surface area contributed by atoms with Gasteiger partial charge in [-0.2, -0.15) is 0 Å². The lowest BCUT2D eigenvalue weighted by Gasteiger charge is -2.28. The average Bonchev–Trinajstić information content (AvgIpc) is 2.73. The van der Waals surface area contributed by atoms with E-state index in [4.69, 9.17) is 4.74 Å². The number of hydrogen-bond donors (Lipinski definition) is 1. The van der Waals surface area contributed by atoms with Crippen LogP contribution in [0.25, 0.3) is 0 Å². The Hall–Kier alpha value is -1.50. The van der Waals surface area contributed by atoms with Gasteiger partial charge < -0.3 is 19.5 Å². The van der Waals surface area contributed by atoms with Crippen LogP contribution >= 0.6 is 15.9 Å². The number of nitrogens with one attached hydrogen (secondary N) is 1. The number of amides is 1. The summed E-state index contributed by atoms with van der Waals surface area (Å²) in [6.45, 7) is 8.75. The van der Waals surface area contributed by atoms with Gasteiger partial charge in [0.1, 0.15) is 11.3 Å². The molecule has 1 aliphatic heterocycles. The summed E-state index contributed by atoms with van der Waals surface area (Å²) in [5, 5.41) is 2.94. The standard InChI is InChI=1S/C16H24BrN3O3/c1-15(2,3)23-14(22)18-16(4)6-7-20(10-16)12-8-11(17)9-19(5)13(12)21/h8-9H,6-7,10H2,1-5H3,(H,18,22)/t16-/m1/s1. The van der Waals surface area contributed by atoms with E-state index in [1.54, 1.807) is 17.8 Å². The molecular weight excluding hydrogens is 362 g/mol. The Bertz CT molecular complexity index is 666. The number of rotatable bonds is 2. The molecule has 1 saturated heterocycles. The summed E-state index contributed by atoms with van der Waals surface area (Å²) < 4.78 is 7.73. The van der Waals surface area contributed by atoms with E-state index in [2.05, 4.69) is 21.2 Å². The average molecular weight is 386 g/mol. The lowest BCUT2D eigenvalue weighted by molar-refractivity contribution is 0.0473. The molecule has 0 unspecified atom stereocenters. The predicted octanol–water partition coefficient (Wildman–Crippen LogP) is 2.64. The molecule has 23 heavy (non-hydrogen) atoms. The van der Waals surface area contributed by atoms with Gasteiger partial charge in [-0.1, -0.05) is 0 Å². The zero-order valence-electron chi connectivity index (χ0n) is 14.3. The van der Waals surface area contributed by atoms with Crippen molar-refractivity contribution in [2.45, 2.75) is 45.3 Å². The van der Waals surface area contributed by atoms with Gasteiger partial charge in [0.2, 0.25) is 0 Å². The number of halogens is 1. The maximum absolute atomic E-state index is 12.3. The summed E-state index contributed by atoms with van der Waals surface area (Å²) >= 11 is 3.42. The Morgan fingerprint density at radius 3 is 2.70 bits per heavy atom.